The number of hydrogen-bond acceptors (Lipinski definition) is 2. The second-order valence-corrected chi connectivity index (χ2v) is 6.66. The van der Waals surface area contributed by atoms with Crippen LogP contribution in [0.1, 0.15) is 58.8 Å². The lowest BCUT2D eigenvalue weighted by Gasteiger charge is -2.41. The first-order valence-electron chi connectivity index (χ1n) is 7.49. The van der Waals surface area contributed by atoms with E-state index in [0.29, 0.717) is 12.0 Å². The largest absolute Gasteiger partial charge is 0.342 e. The van der Waals surface area contributed by atoms with Crippen molar-refractivity contribution in [2.24, 2.45) is 17.1 Å². The van der Waals surface area contributed by atoms with Gasteiger partial charge in [0.15, 0.2) is 0 Å². The fourth-order valence-electron chi connectivity index (χ4n) is 3.88. The van der Waals surface area contributed by atoms with Gasteiger partial charge in [0.25, 0.3) is 0 Å². The molecule has 2 N–H and O–H groups in total. The molecule has 4 unspecified atom stereocenters. The summed E-state index contributed by atoms with van der Waals surface area (Å²) in [6, 6.07) is 0.474. The Kier molecular flexibility index (Phi) is 4.00. The molecule has 0 heterocycles. The molecule has 3 nitrogen and oxygen atoms in total. The van der Waals surface area contributed by atoms with Crippen molar-refractivity contribution in [2.75, 3.05) is 7.05 Å². The summed E-state index contributed by atoms with van der Waals surface area (Å²) < 4.78 is 0. The van der Waals surface area contributed by atoms with Gasteiger partial charge in [-0.2, -0.15) is 0 Å². The molecule has 0 aromatic heterocycles. The van der Waals surface area contributed by atoms with E-state index >= 15 is 0 Å². The summed E-state index contributed by atoms with van der Waals surface area (Å²) >= 11 is 0. The van der Waals surface area contributed by atoms with Gasteiger partial charge >= 0.3 is 0 Å². The van der Waals surface area contributed by atoms with Gasteiger partial charge < -0.3 is 10.6 Å². The summed E-state index contributed by atoms with van der Waals surface area (Å²) in [6.07, 6.45) is 8.04. The standard InChI is InChI=1S/C15H28N2O/c1-11-7-4-5-8-12(11)17(3)14(18)15(2)10-6-9-13(15)16/h11-13H,4-10,16H2,1-3H3. The second-order valence-electron chi connectivity index (χ2n) is 6.66. The molecule has 2 aliphatic carbocycles. The summed E-state index contributed by atoms with van der Waals surface area (Å²) in [5.41, 5.74) is 5.86. The van der Waals surface area contributed by atoms with Gasteiger partial charge in [0.05, 0.1) is 5.41 Å². The SMILES string of the molecule is CC1CCCCC1N(C)C(=O)C1(C)CCCC1N. The molecule has 2 rings (SSSR count). The highest BCUT2D eigenvalue weighted by Crippen LogP contribution is 2.39. The van der Waals surface area contributed by atoms with Crippen LogP contribution in [0.2, 0.25) is 0 Å². The highest BCUT2D eigenvalue weighted by molar-refractivity contribution is 5.83. The first-order valence-corrected chi connectivity index (χ1v) is 7.49. The fraction of sp³-hybridized carbons (Fsp3) is 0.933. The van der Waals surface area contributed by atoms with E-state index in [9.17, 15) is 4.79 Å². The van der Waals surface area contributed by atoms with Crippen LogP contribution in [0.25, 0.3) is 0 Å². The fourth-order valence-corrected chi connectivity index (χ4v) is 3.88. The van der Waals surface area contributed by atoms with Crippen molar-refractivity contribution < 1.29 is 4.79 Å². The molecule has 3 heteroatoms. The highest BCUT2D eigenvalue weighted by Gasteiger charge is 2.46. The number of rotatable bonds is 2. The van der Waals surface area contributed by atoms with Gasteiger partial charge in [-0.25, -0.2) is 0 Å². The van der Waals surface area contributed by atoms with E-state index in [0.717, 1.165) is 25.7 Å². The molecule has 0 aromatic rings. The average molecular weight is 252 g/mol. The Morgan fingerprint density at radius 1 is 1.22 bits per heavy atom. The molecule has 4 atom stereocenters. The van der Waals surface area contributed by atoms with Gasteiger partial charge in [0.1, 0.15) is 0 Å². The summed E-state index contributed by atoms with van der Waals surface area (Å²) in [6.45, 7) is 4.35. The molecule has 0 spiro atoms. The zero-order valence-corrected chi connectivity index (χ0v) is 12.1. The van der Waals surface area contributed by atoms with Crippen molar-refractivity contribution in [1.82, 2.24) is 4.90 Å². The van der Waals surface area contributed by atoms with Crippen molar-refractivity contribution in [3.8, 4) is 0 Å². The molecular formula is C15H28N2O. The van der Waals surface area contributed by atoms with Crippen LogP contribution >= 0.6 is 0 Å². The lowest BCUT2D eigenvalue weighted by molar-refractivity contribution is -0.144. The van der Waals surface area contributed by atoms with Gasteiger partial charge in [0.2, 0.25) is 5.91 Å². The van der Waals surface area contributed by atoms with Crippen LogP contribution in [-0.4, -0.2) is 29.9 Å². The van der Waals surface area contributed by atoms with Crippen molar-refractivity contribution >= 4 is 5.91 Å². The Bertz CT molecular complexity index is 318. The van der Waals surface area contributed by atoms with Gasteiger partial charge in [0, 0.05) is 19.1 Å². The number of nitrogens with zero attached hydrogens (tertiary/aromatic N) is 1. The van der Waals surface area contributed by atoms with Crippen molar-refractivity contribution in [3.63, 3.8) is 0 Å². The molecular weight excluding hydrogens is 224 g/mol. The Balaban J connectivity index is 2.08. The minimum Gasteiger partial charge on any atom is -0.342 e. The summed E-state index contributed by atoms with van der Waals surface area (Å²) in [5.74, 6) is 0.917. The van der Waals surface area contributed by atoms with Crippen LogP contribution in [0.3, 0.4) is 0 Å². The van der Waals surface area contributed by atoms with Gasteiger partial charge in [-0.3, -0.25) is 4.79 Å². The lowest BCUT2D eigenvalue weighted by atomic mass is 9.80. The van der Waals surface area contributed by atoms with Gasteiger partial charge in [-0.05, 0) is 38.5 Å². The number of hydrogen-bond donors (Lipinski definition) is 1. The van der Waals surface area contributed by atoms with Gasteiger partial charge in [-0.15, -0.1) is 0 Å². The van der Waals surface area contributed by atoms with E-state index in [2.05, 4.69) is 13.8 Å². The van der Waals surface area contributed by atoms with E-state index in [1.807, 2.05) is 11.9 Å². The molecule has 0 saturated heterocycles. The first kappa shape index (κ1) is 13.9. The monoisotopic (exact) mass is 252 g/mol. The van der Waals surface area contributed by atoms with Crippen LogP contribution in [0.4, 0.5) is 0 Å². The molecule has 0 aromatic carbocycles. The molecule has 2 aliphatic rings. The summed E-state index contributed by atoms with van der Waals surface area (Å²) in [7, 11) is 1.99. The first-order chi connectivity index (χ1) is 8.47. The average Bonchev–Trinajstić information content (AvgIpc) is 2.70. The maximum atomic E-state index is 12.8. The molecule has 0 radical (unpaired) electrons. The summed E-state index contributed by atoms with van der Waals surface area (Å²) in [5, 5.41) is 0. The van der Waals surface area contributed by atoms with E-state index in [1.54, 1.807) is 0 Å². The van der Waals surface area contributed by atoms with Crippen LogP contribution < -0.4 is 5.73 Å². The van der Waals surface area contributed by atoms with Gasteiger partial charge in [-0.1, -0.05) is 26.2 Å². The Morgan fingerprint density at radius 2 is 1.89 bits per heavy atom. The molecule has 104 valence electrons. The van der Waals surface area contributed by atoms with E-state index in [-0.39, 0.29) is 17.4 Å². The Labute approximate surface area is 111 Å². The third kappa shape index (κ3) is 2.29. The van der Waals surface area contributed by atoms with Crippen LogP contribution in [-0.2, 0) is 4.79 Å². The summed E-state index contributed by atoms with van der Waals surface area (Å²) in [4.78, 5) is 14.8. The Hall–Kier alpha value is -0.570. The molecule has 2 saturated carbocycles. The Morgan fingerprint density at radius 3 is 2.44 bits per heavy atom. The van der Waals surface area contributed by atoms with Crippen molar-refractivity contribution in [1.29, 1.82) is 0 Å². The third-order valence-electron chi connectivity index (χ3n) is 5.40. The molecule has 0 aliphatic heterocycles. The van der Waals surface area contributed by atoms with E-state index in [1.165, 1.54) is 19.3 Å². The lowest BCUT2D eigenvalue weighted by Crippen LogP contribution is -2.52. The van der Waals surface area contributed by atoms with Crippen LogP contribution in [0.5, 0.6) is 0 Å². The topological polar surface area (TPSA) is 46.3 Å². The number of carbonyl (C=O) groups is 1. The smallest absolute Gasteiger partial charge is 0.230 e. The normalized spacial score (nSPS) is 40.8. The van der Waals surface area contributed by atoms with Crippen molar-refractivity contribution in [3.05, 3.63) is 0 Å². The van der Waals surface area contributed by atoms with E-state index < -0.39 is 0 Å². The van der Waals surface area contributed by atoms with Crippen LogP contribution in [0.15, 0.2) is 0 Å². The maximum absolute atomic E-state index is 12.8. The zero-order chi connectivity index (χ0) is 13.3. The minimum absolute atomic E-state index is 0.0475. The van der Waals surface area contributed by atoms with E-state index in [4.69, 9.17) is 5.73 Å². The molecule has 2 fully saturated rings. The highest BCUT2D eigenvalue weighted by atomic mass is 16.2. The molecule has 18 heavy (non-hydrogen) atoms. The predicted octanol–water partition coefficient (Wildman–Crippen LogP) is 2.54. The predicted molar refractivity (Wildman–Crippen MR) is 74.1 cm³/mol. The molecule has 1 amide bonds. The minimum atomic E-state index is -0.314. The second kappa shape index (κ2) is 5.20. The maximum Gasteiger partial charge on any atom is 0.230 e. The third-order valence-corrected chi connectivity index (χ3v) is 5.40. The number of amides is 1. The zero-order valence-electron chi connectivity index (χ0n) is 12.1. The number of nitrogens with two attached hydrogens (primary N) is 1. The number of carbonyl (C=O) groups excluding carboxylic acids is 1. The van der Waals surface area contributed by atoms with Crippen molar-refractivity contribution in [2.45, 2.75) is 70.9 Å². The quantitative estimate of drug-likeness (QED) is 0.821. The molecule has 0 bridgehead atoms. The van der Waals surface area contributed by atoms with Crippen LogP contribution in [0, 0.1) is 11.3 Å².